The third-order valence-corrected chi connectivity index (χ3v) is 4.60. The molecule has 6 nitrogen and oxygen atoms in total. The quantitative estimate of drug-likeness (QED) is 0.823. The molecule has 0 fully saturated rings. The minimum atomic E-state index is -3.19. The van der Waals surface area contributed by atoms with E-state index in [0.717, 1.165) is 16.8 Å². The maximum atomic E-state index is 11.7. The molecular weight excluding hydrogens is 290 g/mol. The Balaban J connectivity index is 2.17. The van der Waals surface area contributed by atoms with Crippen LogP contribution in [0.15, 0.2) is 30.9 Å². The maximum Gasteiger partial charge on any atom is 0.319 e. The van der Waals surface area contributed by atoms with Crippen LogP contribution >= 0.6 is 0 Å². The molecule has 1 aromatic carbocycles. The fraction of sp³-hybridized carbons (Fsp3) is 0.357. The summed E-state index contributed by atoms with van der Waals surface area (Å²) in [6, 6.07) is 5.23. The molecule has 1 aliphatic rings. The van der Waals surface area contributed by atoms with E-state index in [1.54, 1.807) is 6.08 Å². The number of fused-ring (bicyclic) bond motifs is 1. The molecule has 0 atom stereocenters. The van der Waals surface area contributed by atoms with E-state index < -0.39 is 10.0 Å². The van der Waals surface area contributed by atoms with Crippen molar-refractivity contribution in [3.05, 3.63) is 42.0 Å². The van der Waals surface area contributed by atoms with Crippen molar-refractivity contribution < 1.29 is 13.2 Å². The molecule has 1 heterocycles. The van der Waals surface area contributed by atoms with Gasteiger partial charge in [-0.15, -0.1) is 6.58 Å². The lowest BCUT2D eigenvalue weighted by Gasteiger charge is -2.28. The number of hydrogen-bond acceptors (Lipinski definition) is 3. The van der Waals surface area contributed by atoms with E-state index in [4.69, 9.17) is 0 Å². The van der Waals surface area contributed by atoms with Gasteiger partial charge >= 0.3 is 6.03 Å². The molecule has 0 saturated carbocycles. The Morgan fingerprint density at radius 2 is 2.24 bits per heavy atom. The average Bonchev–Trinajstić information content (AvgIpc) is 2.44. The summed E-state index contributed by atoms with van der Waals surface area (Å²) in [5.41, 5.74) is 2.64. The predicted octanol–water partition coefficient (Wildman–Crippen LogP) is 1.31. The van der Waals surface area contributed by atoms with Crippen molar-refractivity contribution in [3.8, 4) is 0 Å². The molecule has 2 N–H and O–H groups in total. The fourth-order valence-electron chi connectivity index (χ4n) is 2.32. The first kappa shape index (κ1) is 15.5. The SMILES string of the molecule is C=CCNC(=O)Nc1cccc2c1CCN(S(C)(=O)=O)C2. The van der Waals surface area contributed by atoms with Gasteiger partial charge in [0.2, 0.25) is 10.0 Å². The van der Waals surface area contributed by atoms with E-state index in [0.29, 0.717) is 26.1 Å². The monoisotopic (exact) mass is 309 g/mol. The first-order valence-corrected chi connectivity index (χ1v) is 8.48. The summed E-state index contributed by atoms with van der Waals surface area (Å²) in [5.74, 6) is 0. The predicted molar refractivity (Wildman–Crippen MR) is 82.6 cm³/mol. The Hall–Kier alpha value is -1.86. The molecule has 114 valence electrons. The van der Waals surface area contributed by atoms with Crippen molar-refractivity contribution in [1.29, 1.82) is 0 Å². The van der Waals surface area contributed by atoms with Crippen LogP contribution in [0.3, 0.4) is 0 Å². The van der Waals surface area contributed by atoms with Crippen molar-refractivity contribution in [2.45, 2.75) is 13.0 Å². The number of carbonyl (C=O) groups excluding carboxylic acids is 1. The van der Waals surface area contributed by atoms with Gasteiger partial charge in [0.1, 0.15) is 0 Å². The molecule has 1 aliphatic heterocycles. The number of rotatable bonds is 4. The van der Waals surface area contributed by atoms with Crippen LogP contribution in [-0.4, -0.2) is 38.1 Å². The highest BCUT2D eigenvalue weighted by molar-refractivity contribution is 7.88. The van der Waals surface area contributed by atoms with Crippen LogP contribution in [-0.2, 0) is 23.0 Å². The average molecular weight is 309 g/mol. The van der Waals surface area contributed by atoms with E-state index in [9.17, 15) is 13.2 Å². The van der Waals surface area contributed by atoms with Gasteiger partial charge in [-0.25, -0.2) is 13.2 Å². The van der Waals surface area contributed by atoms with E-state index in [1.807, 2.05) is 18.2 Å². The lowest BCUT2D eigenvalue weighted by molar-refractivity contribution is 0.253. The Morgan fingerprint density at radius 1 is 1.48 bits per heavy atom. The molecule has 0 aromatic heterocycles. The number of carbonyl (C=O) groups is 1. The van der Waals surface area contributed by atoms with Crippen molar-refractivity contribution in [2.24, 2.45) is 0 Å². The van der Waals surface area contributed by atoms with Crippen LogP contribution in [0.5, 0.6) is 0 Å². The van der Waals surface area contributed by atoms with Gasteiger partial charge in [0, 0.05) is 25.3 Å². The zero-order valence-corrected chi connectivity index (χ0v) is 12.7. The van der Waals surface area contributed by atoms with Crippen molar-refractivity contribution in [3.63, 3.8) is 0 Å². The maximum absolute atomic E-state index is 11.7. The largest absolute Gasteiger partial charge is 0.334 e. The Kier molecular flexibility index (Phi) is 4.64. The highest BCUT2D eigenvalue weighted by atomic mass is 32.2. The van der Waals surface area contributed by atoms with E-state index in [-0.39, 0.29) is 6.03 Å². The summed E-state index contributed by atoms with van der Waals surface area (Å²) < 4.78 is 24.7. The number of anilines is 1. The number of benzene rings is 1. The Bertz CT molecular complexity index is 655. The summed E-state index contributed by atoms with van der Waals surface area (Å²) >= 11 is 0. The van der Waals surface area contributed by atoms with E-state index >= 15 is 0 Å². The summed E-state index contributed by atoms with van der Waals surface area (Å²) in [6.45, 7) is 4.70. The molecule has 2 amide bonds. The summed E-state index contributed by atoms with van der Waals surface area (Å²) in [6.07, 6.45) is 3.40. The highest BCUT2D eigenvalue weighted by Crippen LogP contribution is 2.27. The molecule has 0 unspecified atom stereocenters. The second-order valence-corrected chi connectivity index (χ2v) is 6.90. The van der Waals surface area contributed by atoms with Crippen LogP contribution in [0, 0.1) is 0 Å². The van der Waals surface area contributed by atoms with Gasteiger partial charge < -0.3 is 10.6 Å². The summed E-state index contributed by atoms with van der Waals surface area (Å²) in [5, 5.41) is 5.44. The zero-order valence-electron chi connectivity index (χ0n) is 11.9. The molecule has 0 saturated heterocycles. The standard InChI is InChI=1S/C14H19N3O3S/c1-3-8-15-14(18)16-13-6-4-5-11-10-17(21(2,19)20)9-7-12(11)13/h3-6H,1,7-10H2,2H3,(H2,15,16,18). The lowest BCUT2D eigenvalue weighted by Crippen LogP contribution is -2.36. The molecule has 0 spiro atoms. The van der Waals surface area contributed by atoms with Crippen molar-refractivity contribution in [1.82, 2.24) is 9.62 Å². The van der Waals surface area contributed by atoms with Crippen LogP contribution in [0.2, 0.25) is 0 Å². The van der Waals surface area contributed by atoms with Crippen LogP contribution in [0.1, 0.15) is 11.1 Å². The Morgan fingerprint density at radius 3 is 2.90 bits per heavy atom. The number of sulfonamides is 1. The van der Waals surface area contributed by atoms with Gasteiger partial charge in [0.15, 0.2) is 0 Å². The van der Waals surface area contributed by atoms with Gasteiger partial charge in [0.05, 0.1) is 6.26 Å². The number of hydrogen-bond donors (Lipinski definition) is 2. The topological polar surface area (TPSA) is 78.5 Å². The number of nitrogens with zero attached hydrogens (tertiary/aromatic N) is 1. The summed E-state index contributed by atoms with van der Waals surface area (Å²) in [4.78, 5) is 11.7. The third kappa shape index (κ3) is 3.83. The highest BCUT2D eigenvalue weighted by Gasteiger charge is 2.24. The second kappa shape index (κ2) is 6.28. The van der Waals surface area contributed by atoms with E-state index in [2.05, 4.69) is 17.2 Å². The molecule has 0 radical (unpaired) electrons. The lowest BCUT2D eigenvalue weighted by atomic mass is 9.99. The van der Waals surface area contributed by atoms with Gasteiger partial charge in [-0.1, -0.05) is 18.2 Å². The minimum Gasteiger partial charge on any atom is -0.334 e. The first-order valence-electron chi connectivity index (χ1n) is 6.63. The molecule has 21 heavy (non-hydrogen) atoms. The molecule has 0 aliphatic carbocycles. The third-order valence-electron chi connectivity index (χ3n) is 3.36. The van der Waals surface area contributed by atoms with Gasteiger partial charge in [-0.2, -0.15) is 4.31 Å². The molecule has 7 heteroatoms. The van der Waals surface area contributed by atoms with Crippen LogP contribution in [0.4, 0.5) is 10.5 Å². The molecule has 2 rings (SSSR count). The second-order valence-electron chi connectivity index (χ2n) is 4.91. The molecular formula is C14H19N3O3S. The number of urea groups is 1. The number of amides is 2. The van der Waals surface area contributed by atoms with Crippen molar-refractivity contribution in [2.75, 3.05) is 24.7 Å². The van der Waals surface area contributed by atoms with Gasteiger partial charge in [-0.05, 0) is 23.6 Å². The normalized spacial score (nSPS) is 15.1. The van der Waals surface area contributed by atoms with E-state index in [1.165, 1.54) is 10.6 Å². The fourth-order valence-corrected chi connectivity index (χ4v) is 3.11. The summed E-state index contributed by atoms with van der Waals surface area (Å²) in [7, 11) is -3.19. The molecule has 0 bridgehead atoms. The first-order chi connectivity index (χ1) is 9.91. The van der Waals surface area contributed by atoms with Crippen LogP contribution < -0.4 is 10.6 Å². The number of nitrogens with one attached hydrogen (secondary N) is 2. The van der Waals surface area contributed by atoms with Gasteiger partial charge in [-0.3, -0.25) is 0 Å². The van der Waals surface area contributed by atoms with Crippen LogP contribution in [0.25, 0.3) is 0 Å². The zero-order chi connectivity index (χ0) is 15.5. The van der Waals surface area contributed by atoms with Crippen molar-refractivity contribution >= 4 is 21.7 Å². The smallest absolute Gasteiger partial charge is 0.319 e. The van der Waals surface area contributed by atoms with Gasteiger partial charge in [0.25, 0.3) is 0 Å². The minimum absolute atomic E-state index is 0.297. The molecule has 1 aromatic rings. The Labute approximate surface area is 124 Å².